The van der Waals surface area contributed by atoms with Crippen LogP contribution in [0.2, 0.25) is 0 Å². The van der Waals surface area contributed by atoms with Crippen LogP contribution in [-0.2, 0) is 4.79 Å². The molecule has 1 N–H and O–H groups in total. The van der Waals surface area contributed by atoms with Gasteiger partial charge in [0.25, 0.3) is 0 Å². The second-order valence-electron chi connectivity index (χ2n) is 4.48. The second kappa shape index (κ2) is 2.96. The molecule has 3 heteroatoms. The van der Waals surface area contributed by atoms with E-state index in [1.54, 1.807) is 0 Å². The first-order chi connectivity index (χ1) is 6.19. The molecule has 2 aliphatic carbocycles. The maximum Gasteiger partial charge on any atom is 0.310 e. The van der Waals surface area contributed by atoms with Crippen molar-refractivity contribution in [1.29, 1.82) is 0 Å². The number of alkyl halides is 1. The molecule has 0 saturated heterocycles. The molecule has 0 aromatic heterocycles. The molecule has 74 valence electrons. The number of hydrogen-bond acceptors (Lipinski definition) is 1. The molecule has 2 fully saturated rings. The van der Waals surface area contributed by atoms with Gasteiger partial charge in [-0.05, 0) is 37.5 Å². The van der Waals surface area contributed by atoms with E-state index in [4.69, 9.17) is 5.11 Å². The zero-order valence-electron chi connectivity index (χ0n) is 7.63. The van der Waals surface area contributed by atoms with Crippen LogP contribution in [0.4, 0.5) is 4.39 Å². The summed E-state index contributed by atoms with van der Waals surface area (Å²) in [6.45, 7) is -0.491. The number of rotatable bonds is 3. The summed E-state index contributed by atoms with van der Waals surface area (Å²) < 4.78 is 12.3. The summed E-state index contributed by atoms with van der Waals surface area (Å²) in [5.74, 6) is 0.0516. The van der Waals surface area contributed by atoms with Crippen molar-refractivity contribution in [3.8, 4) is 0 Å². The highest BCUT2D eigenvalue weighted by molar-refractivity contribution is 5.75. The first-order valence-corrected chi connectivity index (χ1v) is 4.98. The number of carbonyl (C=O) groups is 1. The minimum atomic E-state index is -0.766. The van der Waals surface area contributed by atoms with Crippen LogP contribution in [0.15, 0.2) is 0 Å². The van der Waals surface area contributed by atoms with Gasteiger partial charge >= 0.3 is 5.97 Å². The highest BCUT2D eigenvalue weighted by Gasteiger charge is 2.55. The summed E-state index contributed by atoms with van der Waals surface area (Å²) in [4.78, 5) is 11.1. The Bertz CT molecular complexity index is 229. The monoisotopic (exact) mass is 186 g/mol. The summed E-state index contributed by atoms with van der Waals surface area (Å²) in [6.07, 6.45) is 4.12. The molecule has 0 radical (unpaired) electrons. The van der Waals surface area contributed by atoms with E-state index >= 15 is 0 Å². The van der Waals surface area contributed by atoms with Crippen molar-refractivity contribution in [2.75, 3.05) is 6.67 Å². The van der Waals surface area contributed by atoms with Crippen molar-refractivity contribution in [3.05, 3.63) is 0 Å². The zero-order valence-corrected chi connectivity index (χ0v) is 7.63. The van der Waals surface area contributed by atoms with Crippen molar-refractivity contribution in [2.45, 2.75) is 32.1 Å². The van der Waals surface area contributed by atoms with Crippen LogP contribution in [0.5, 0.6) is 0 Å². The van der Waals surface area contributed by atoms with Crippen molar-refractivity contribution < 1.29 is 14.3 Å². The molecule has 0 aromatic rings. The Morgan fingerprint density at radius 3 is 2.69 bits per heavy atom. The van der Waals surface area contributed by atoms with Crippen LogP contribution < -0.4 is 0 Å². The Balaban J connectivity index is 2.20. The average Bonchev–Trinajstić information content (AvgIpc) is 2.64. The van der Waals surface area contributed by atoms with Gasteiger partial charge in [-0.15, -0.1) is 0 Å². The molecular weight excluding hydrogens is 171 g/mol. The number of fused-ring (bicyclic) bond motifs is 2. The molecule has 13 heavy (non-hydrogen) atoms. The molecule has 2 rings (SSSR count). The number of aliphatic carboxylic acids is 1. The van der Waals surface area contributed by atoms with E-state index in [0.29, 0.717) is 5.92 Å². The van der Waals surface area contributed by atoms with Gasteiger partial charge in [0.2, 0.25) is 0 Å². The van der Waals surface area contributed by atoms with Crippen LogP contribution in [0.3, 0.4) is 0 Å². The van der Waals surface area contributed by atoms with Crippen LogP contribution in [-0.4, -0.2) is 17.8 Å². The Morgan fingerprint density at radius 1 is 1.54 bits per heavy atom. The molecule has 0 aromatic carbocycles. The first-order valence-electron chi connectivity index (χ1n) is 4.98. The number of carboxylic acid groups (broad SMARTS) is 1. The van der Waals surface area contributed by atoms with Gasteiger partial charge in [-0.3, -0.25) is 9.18 Å². The Hall–Kier alpha value is -0.600. The lowest BCUT2D eigenvalue weighted by Gasteiger charge is -2.32. The maximum atomic E-state index is 12.3. The molecule has 2 aliphatic rings. The summed E-state index contributed by atoms with van der Waals surface area (Å²) >= 11 is 0. The minimum absolute atomic E-state index is 0.226. The number of halogens is 1. The van der Waals surface area contributed by atoms with Crippen molar-refractivity contribution in [3.63, 3.8) is 0 Å². The molecule has 0 spiro atoms. The quantitative estimate of drug-likeness (QED) is 0.733. The fourth-order valence-electron chi connectivity index (χ4n) is 3.29. The minimum Gasteiger partial charge on any atom is -0.481 e. The summed E-state index contributed by atoms with van der Waals surface area (Å²) in [7, 11) is 0. The van der Waals surface area contributed by atoms with Gasteiger partial charge in [0.05, 0.1) is 12.1 Å². The average molecular weight is 186 g/mol. The lowest BCUT2D eigenvalue weighted by Crippen LogP contribution is -2.36. The molecule has 2 bridgehead atoms. The third-order valence-corrected chi connectivity index (χ3v) is 3.94. The largest absolute Gasteiger partial charge is 0.481 e. The smallest absolute Gasteiger partial charge is 0.310 e. The Morgan fingerprint density at radius 2 is 2.31 bits per heavy atom. The van der Waals surface area contributed by atoms with Gasteiger partial charge in [-0.1, -0.05) is 6.42 Å². The normalized spacial score (nSPS) is 42.5. The van der Waals surface area contributed by atoms with Crippen LogP contribution in [0.25, 0.3) is 0 Å². The number of hydrogen-bond donors (Lipinski definition) is 1. The van der Waals surface area contributed by atoms with Crippen molar-refractivity contribution in [2.24, 2.45) is 17.3 Å². The van der Waals surface area contributed by atoms with E-state index in [1.807, 2.05) is 0 Å². The summed E-state index contributed by atoms with van der Waals surface area (Å²) in [5, 5.41) is 9.15. The van der Waals surface area contributed by atoms with Crippen molar-refractivity contribution in [1.82, 2.24) is 0 Å². The molecule has 3 atom stereocenters. The van der Waals surface area contributed by atoms with Crippen LogP contribution in [0, 0.1) is 17.3 Å². The van der Waals surface area contributed by atoms with E-state index in [9.17, 15) is 9.18 Å². The van der Waals surface area contributed by atoms with E-state index < -0.39 is 18.1 Å². The molecule has 0 amide bonds. The van der Waals surface area contributed by atoms with E-state index in [2.05, 4.69) is 0 Å². The lowest BCUT2D eigenvalue weighted by atomic mass is 9.71. The van der Waals surface area contributed by atoms with Crippen molar-refractivity contribution >= 4 is 5.97 Å². The number of carboxylic acids is 1. The van der Waals surface area contributed by atoms with E-state index in [0.717, 1.165) is 25.7 Å². The predicted octanol–water partition coefficient (Wildman–Crippen LogP) is 2.24. The molecule has 3 unspecified atom stereocenters. The molecule has 2 saturated carbocycles. The van der Waals surface area contributed by atoms with Gasteiger partial charge in [0.1, 0.15) is 0 Å². The fourth-order valence-corrected chi connectivity index (χ4v) is 3.29. The van der Waals surface area contributed by atoms with Gasteiger partial charge in [0, 0.05) is 0 Å². The van der Waals surface area contributed by atoms with Crippen LogP contribution in [0.1, 0.15) is 32.1 Å². The molecule has 0 heterocycles. The SMILES string of the molecule is O=C(O)C1(CCF)CC2CCC1C2. The van der Waals surface area contributed by atoms with E-state index in [-0.39, 0.29) is 12.3 Å². The van der Waals surface area contributed by atoms with E-state index in [1.165, 1.54) is 0 Å². The second-order valence-corrected chi connectivity index (χ2v) is 4.48. The van der Waals surface area contributed by atoms with Gasteiger partial charge in [-0.25, -0.2) is 0 Å². The highest BCUT2D eigenvalue weighted by atomic mass is 19.1. The molecule has 2 nitrogen and oxygen atoms in total. The predicted molar refractivity (Wildman–Crippen MR) is 46.1 cm³/mol. The highest BCUT2D eigenvalue weighted by Crippen LogP contribution is 2.57. The van der Waals surface area contributed by atoms with Crippen LogP contribution >= 0.6 is 0 Å². The molecule has 0 aliphatic heterocycles. The zero-order chi connectivity index (χ0) is 9.47. The topological polar surface area (TPSA) is 37.3 Å². The summed E-state index contributed by atoms with van der Waals surface area (Å²) in [6, 6.07) is 0. The third-order valence-electron chi connectivity index (χ3n) is 3.94. The standard InChI is InChI=1S/C10H15FO2/c11-4-3-10(9(12)13)6-7-1-2-8(10)5-7/h7-8H,1-6H2,(H,12,13). The molecular formula is C10H15FO2. The van der Waals surface area contributed by atoms with Gasteiger partial charge in [-0.2, -0.15) is 0 Å². The maximum absolute atomic E-state index is 12.3. The Labute approximate surface area is 77.1 Å². The van der Waals surface area contributed by atoms with Gasteiger partial charge < -0.3 is 5.11 Å². The first kappa shape index (κ1) is 8.97. The fraction of sp³-hybridized carbons (Fsp3) is 0.900. The third kappa shape index (κ3) is 1.17. The Kier molecular flexibility index (Phi) is 2.05. The summed E-state index contributed by atoms with van der Waals surface area (Å²) in [5.41, 5.74) is -0.697. The lowest BCUT2D eigenvalue weighted by molar-refractivity contribution is -0.153. The van der Waals surface area contributed by atoms with Gasteiger partial charge in [0.15, 0.2) is 0 Å².